The minimum absolute atomic E-state index is 0.617. The van der Waals surface area contributed by atoms with E-state index in [0.717, 1.165) is 40.8 Å². The summed E-state index contributed by atoms with van der Waals surface area (Å²) >= 11 is 0. The molecule has 1 N–H and O–H groups in total. The van der Waals surface area contributed by atoms with Crippen LogP contribution < -0.4 is 28.4 Å². The summed E-state index contributed by atoms with van der Waals surface area (Å²) in [7, 11) is 6.53. The van der Waals surface area contributed by atoms with Crippen LogP contribution in [-0.4, -0.2) is 56.7 Å². The molecule has 0 fully saturated rings. The van der Waals surface area contributed by atoms with E-state index in [9.17, 15) is 0 Å². The molecule has 0 radical (unpaired) electrons. The van der Waals surface area contributed by atoms with E-state index in [-0.39, 0.29) is 0 Å². The van der Waals surface area contributed by atoms with Crippen LogP contribution in [0.2, 0.25) is 0 Å². The Hall–Kier alpha value is -4.01. The summed E-state index contributed by atoms with van der Waals surface area (Å²) in [6.07, 6.45) is 0. The van der Waals surface area contributed by atoms with Crippen molar-refractivity contribution in [3.05, 3.63) is 42.1 Å². The molecule has 2 heterocycles. The Morgan fingerprint density at radius 1 is 0.829 bits per heavy atom. The second kappa shape index (κ2) is 10.1. The van der Waals surface area contributed by atoms with Crippen LogP contribution in [0, 0.1) is 6.92 Å². The summed E-state index contributed by atoms with van der Waals surface area (Å²) < 4.78 is 24.3. The lowest BCUT2D eigenvalue weighted by atomic mass is 10.0. The molecule has 0 aliphatic heterocycles. The maximum absolute atomic E-state index is 5.64. The van der Waals surface area contributed by atoms with Gasteiger partial charge in [-0.05, 0) is 67.5 Å². The zero-order chi connectivity index (χ0) is 25.1. The molecule has 0 amide bonds. The number of hydrogen-bond acceptors (Lipinski definition) is 7. The van der Waals surface area contributed by atoms with Gasteiger partial charge in [-0.15, -0.1) is 5.10 Å². The molecule has 0 atom stereocenters. The first-order chi connectivity index (χ1) is 17.0. The Morgan fingerprint density at radius 2 is 1.46 bits per heavy atom. The number of pyridine rings is 1. The maximum atomic E-state index is 5.64. The Morgan fingerprint density at radius 3 is 2.09 bits per heavy atom. The first-order valence-corrected chi connectivity index (χ1v) is 11.5. The molecule has 0 saturated heterocycles. The summed E-state index contributed by atoms with van der Waals surface area (Å²) in [5.41, 5.74) is 2.80. The van der Waals surface area contributed by atoms with Crippen molar-refractivity contribution in [3.8, 4) is 40.2 Å². The van der Waals surface area contributed by atoms with Crippen molar-refractivity contribution in [1.29, 1.82) is 0 Å². The number of nitrogens with zero attached hydrogens (tertiary/aromatic N) is 4. The first kappa shape index (κ1) is 24.1. The molecule has 184 valence electrons. The van der Waals surface area contributed by atoms with Crippen molar-refractivity contribution in [3.63, 3.8) is 0 Å². The van der Waals surface area contributed by atoms with E-state index in [2.05, 4.69) is 39.6 Å². The molecule has 0 unspecified atom stereocenters. The first-order valence-electron chi connectivity index (χ1n) is 11.5. The van der Waals surface area contributed by atoms with Crippen LogP contribution in [0.1, 0.15) is 19.5 Å². The number of nitrogens with one attached hydrogen (secondary N) is 1. The van der Waals surface area contributed by atoms with Crippen LogP contribution in [0.25, 0.3) is 28.0 Å². The molecule has 0 bridgehead atoms. The monoisotopic (exact) mass is 478 g/mol. The van der Waals surface area contributed by atoms with Gasteiger partial charge in [0.2, 0.25) is 0 Å². The molecule has 9 nitrogen and oxygen atoms in total. The van der Waals surface area contributed by atoms with E-state index in [0.29, 0.717) is 34.9 Å². The summed E-state index contributed by atoms with van der Waals surface area (Å²) in [4.78, 5) is 6.94. The van der Waals surface area contributed by atoms with Gasteiger partial charge in [0.15, 0.2) is 23.0 Å². The Labute approximate surface area is 205 Å². The molecule has 0 saturated carbocycles. The fraction of sp³-hybridized carbons (Fsp3) is 0.346. The van der Waals surface area contributed by atoms with Gasteiger partial charge in [-0.3, -0.25) is 0 Å². The van der Waals surface area contributed by atoms with Crippen molar-refractivity contribution in [2.75, 3.05) is 46.4 Å². The minimum Gasteiger partial charge on any atom is -0.493 e. The van der Waals surface area contributed by atoms with E-state index in [1.54, 1.807) is 28.4 Å². The van der Waals surface area contributed by atoms with Crippen molar-refractivity contribution >= 4 is 16.7 Å². The smallest absolute Gasteiger partial charge is 0.424 e. The normalized spacial score (nSPS) is 10.9. The average Bonchev–Trinajstić information content (AvgIpc) is 3.36. The third-order valence-corrected chi connectivity index (χ3v) is 6.13. The summed E-state index contributed by atoms with van der Waals surface area (Å²) in [5, 5.41) is 9.59. The minimum atomic E-state index is 0.617. The quantitative estimate of drug-likeness (QED) is 0.363. The van der Waals surface area contributed by atoms with Gasteiger partial charge in [0.25, 0.3) is 0 Å². The van der Waals surface area contributed by atoms with Gasteiger partial charge >= 0.3 is 11.9 Å². The highest BCUT2D eigenvalue weighted by Gasteiger charge is 2.26. The molecule has 9 heteroatoms. The molecule has 0 aliphatic rings. The van der Waals surface area contributed by atoms with E-state index in [4.69, 9.17) is 23.9 Å². The molecule has 0 spiro atoms. The number of rotatable bonds is 9. The van der Waals surface area contributed by atoms with E-state index in [1.807, 2.05) is 37.3 Å². The van der Waals surface area contributed by atoms with Gasteiger partial charge in [0, 0.05) is 24.0 Å². The van der Waals surface area contributed by atoms with Crippen LogP contribution in [0.5, 0.6) is 23.0 Å². The Bertz CT molecular complexity index is 1350. The molecular weight excluding hydrogens is 446 g/mol. The summed E-state index contributed by atoms with van der Waals surface area (Å²) in [6, 6.07) is 11.9. The lowest BCUT2D eigenvalue weighted by Crippen LogP contribution is -2.38. The van der Waals surface area contributed by atoms with E-state index < -0.39 is 0 Å². The lowest BCUT2D eigenvalue weighted by Gasteiger charge is -2.17. The zero-order valence-corrected chi connectivity index (χ0v) is 21.3. The number of aromatic nitrogens is 4. The SMILES string of the molecule is CCN(CC)c1n[nH]c(-[n+]2c(C)cc3cc(OC)c(OC)cc3c2-c2ccc(OC)c(OC)c2)n1. The van der Waals surface area contributed by atoms with Crippen molar-refractivity contribution in [1.82, 2.24) is 15.2 Å². The number of hydrogen-bond donors (Lipinski definition) is 1. The van der Waals surface area contributed by atoms with Crippen LogP contribution in [0.3, 0.4) is 0 Å². The summed E-state index contributed by atoms with van der Waals surface area (Å²) in [6.45, 7) is 7.84. The molecule has 0 aliphatic carbocycles. The van der Waals surface area contributed by atoms with Crippen LogP contribution in [-0.2, 0) is 0 Å². The largest absolute Gasteiger partial charge is 0.493 e. The second-order valence-electron chi connectivity index (χ2n) is 7.97. The molecule has 4 rings (SSSR count). The molecule has 4 aromatic rings. The fourth-order valence-corrected chi connectivity index (χ4v) is 4.34. The molecule has 2 aromatic carbocycles. The Balaban J connectivity index is 2.07. The number of methoxy groups -OCH3 is 4. The van der Waals surface area contributed by atoms with Crippen molar-refractivity contribution in [2.24, 2.45) is 0 Å². The van der Waals surface area contributed by atoms with Gasteiger partial charge in [-0.1, -0.05) is 5.10 Å². The van der Waals surface area contributed by atoms with Gasteiger partial charge < -0.3 is 23.8 Å². The third-order valence-electron chi connectivity index (χ3n) is 6.13. The van der Waals surface area contributed by atoms with Crippen molar-refractivity contribution < 1.29 is 23.5 Å². The van der Waals surface area contributed by atoms with Gasteiger partial charge in [-0.2, -0.15) is 4.57 Å². The predicted octanol–water partition coefficient (Wildman–Crippen LogP) is 4.09. The number of ether oxygens (including phenoxy) is 4. The third kappa shape index (κ3) is 4.29. The summed E-state index contributed by atoms with van der Waals surface area (Å²) in [5.74, 6) is 3.86. The highest BCUT2D eigenvalue weighted by atomic mass is 16.5. The highest BCUT2D eigenvalue weighted by Crippen LogP contribution is 2.38. The van der Waals surface area contributed by atoms with Crippen LogP contribution >= 0.6 is 0 Å². The van der Waals surface area contributed by atoms with E-state index in [1.165, 1.54) is 0 Å². The second-order valence-corrected chi connectivity index (χ2v) is 7.97. The molecule has 2 aromatic heterocycles. The number of aryl methyl sites for hydroxylation is 1. The number of benzene rings is 2. The number of aromatic amines is 1. The van der Waals surface area contributed by atoms with E-state index >= 15 is 0 Å². The number of fused-ring (bicyclic) bond motifs is 1. The zero-order valence-electron chi connectivity index (χ0n) is 21.3. The highest BCUT2D eigenvalue weighted by molar-refractivity contribution is 5.96. The average molecular weight is 479 g/mol. The molecule has 35 heavy (non-hydrogen) atoms. The van der Waals surface area contributed by atoms with Gasteiger partial charge in [-0.25, -0.2) is 0 Å². The number of anilines is 1. The number of H-pyrrole nitrogens is 1. The lowest BCUT2D eigenvalue weighted by molar-refractivity contribution is -0.597. The Kier molecular flexibility index (Phi) is 6.95. The standard InChI is InChI=1S/C26H32N5O4/c1-8-30(9-2)25-27-26(29-28-25)31-16(3)12-18-14-22(34-6)23(35-7)15-19(18)24(31)17-10-11-20(32-4)21(13-17)33-5/h10-15H,8-9H2,1-7H3,(H,27,28,29)/q+1. The molecular formula is C26H32N5O4+. The van der Waals surface area contributed by atoms with Gasteiger partial charge in [0.1, 0.15) is 5.69 Å². The van der Waals surface area contributed by atoms with Crippen molar-refractivity contribution in [2.45, 2.75) is 20.8 Å². The maximum Gasteiger partial charge on any atom is 0.424 e. The fourth-order valence-electron chi connectivity index (χ4n) is 4.34. The van der Waals surface area contributed by atoms with Crippen LogP contribution in [0.4, 0.5) is 5.95 Å². The topological polar surface area (TPSA) is 85.6 Å². The predicted molar refractivity (Wildman–Crippen MR) is 135 cm³/mol. The van der Waals surface area contributed by atoms with Gasteiger partial charge in [0.05, 0.1) is 34.1 Å². The van der Waals surface area contributed by atoms with Crippen LogP contribution in [0.15, 0.2) is 36.4 Å².